The molecule has 0 fully saturated rings. The van der Waals surface area contributed by atoms with Crippen molar-refractivity contribution in [3.8, 4) is 5.69 Å². The van der Waals surface area contributed by atoms with E-state index in [-0.39, 0.29) is 5.78 Å². The summed E-state index contributed by atoms with van der Waals surface area (Å²) in [6, 6.07) is 16.4. The highest BCUT2D eigenvalue weighted by molar-refractivity contribution is 8.03. The van der Waals surface area contributed by atoms with Crippen LogP contribution in [-0.2, 0) is 0 Å². The van der Waals surface area contributed by atoms with Crippen LogP contribution in [0.2, 0.25) is 5.02 Å². The first-order valence-corrected chi connectivity index (χ1v) is 8.94. The van der Waals surface area contributed by atoms with Crippen molar-refractivity contribution >= 4 is 29.1 Å². The predicted molar refractivity (Wildman–Crippen MR) is 103 cm³/mol. The summed E-state index contributed by atoms with van der Waals surface area (Å²) in [6.07, 6.45) is 1.75. The SMILES string of the molecule is CN(C)/C=C(\Sc1nnnn1-c1ccccc1)C(=O)c1cccc(Cl)c1. The molecule has 26 heavy (non-hydrogen) atoms. The number of carbonyl (C=O) groups is 1. The van der Waals surface area contributed by atoms with Gasteiger partial charge in [0.25, 0.3) is 0 Å². The quantitative estimate of drug-likeness (QED) is 0.366. The van der Waals surface area contributed by atoms with Gasteiger partial charge in [-0.2, -0.15) is 4.68 Å². The highest BCUT2D eigenvalue weighted by Crippen LogP contribution is 2.29. The first-order chi connectivity index (χ1) is 12.5. The zero-order chi connectivity index (χ0) is 18.5. The molecule has 0 aliphatic heterocycles. The Kier molecular flexibility index (Phi) is 5.70. The van der Waals surface area contributed by atoms with E-state index < -0.39 is 0 Å². The van der Waals surface area contributed by atoms with Crippen molar-refractivity contribution < 1.29 is 4.79 Å². The van der Waals surface area contributed by atoms with Gasteiger partial charge in [0.1, 0.15) is 0 Å². The molecule has 3 aromatic rings. The molecule has 0 unspecified atom stereocenters. The van der Waals surface area contributed by atoms with Crippen molar-refractivity contribution in [3.63, 3.8) is 0 Å². The number of tetrazole rings is 1. The molecule has 3 rings (SSSR count). The molecule has 6 nitrogen and oxygen atoms in total. The molecule has 0 radical (unpaired) electrons. The molecule has 0 atom stereocenters. The molecule has 0 N–H and O–H groups in total. The number of hydrogen-bond acceptors (Lipinski definition) is 6. The molecular formula is C18H16ClN5OS. The Labute approximate surface area is 160 Å². The van der Waals surface area contributed by atoms with Gasteiger partial charge in [-0.25, -0.2) is 0 Å². The number of rotatable bonds is 6. The van der Waals surface area contributed by atoms with Crippen LogP contribution in [0.4, 0.5) is 0 Å². The van der Waals surface area contributed by atoms with Gasteiger partial charge in [-0.3, -0.25) is 4.79 Å². The van der Waals surface area contributed by atoms with Crippen LogP contribution in [0.1, 0.15) is 10.4 Å². The lowest BCUT2D eigenvalue weighted by Crippen LogP contribution is -2.09. The minimum atomic E-state index is -0.145. The molecule has 0 bridgehead atoms. The first-order valence-electron chi connectivity index (χ1n) is 7.75. The number of halogens is 1. The van der Waals surface area contributed by atoms with Gasteiger partial charge >= 0.3 is 0 Å². The zero-order valence-electron chi connectivity index (χ0n) is 14.2. The van der Waals surface area contributed by atoms with Gasteiger partial charge in [-0.05, 0) is 46.5 Å². The number of thioether (sulfide) groups is 1. The molecule has 0 saturated carbocycles. The van der Waals surface area contributed by atoms with Gasteiger partial charge < -0.3 is 4.90 Å². The number of benzene rings is 2. The minimum Gasteiger partial charge on any atom is -0.382 e. The molecule has 0 spiro atoms. The van der Waals surface area contributed by atoms with Crippen LogP contribution in [-0.4, -0.2) is 45.0 Å². The van der Waals surface area contributed by atoms with Gasteiger partial charge in [0.15, 0.2) is 0 Å². The highest BCUT2D eigenvalue weighted by Gasteiger charge is 2.19. The highest BCUT2D eigenvalue weighted by atomic mass is 35.5. The summed E-state index contributed by atoms with van der Waals surface area (Å²) in [5.41, 5.74) is 1.33. The van der Waals surface area contributed by atoms with E-state index >= 15 is 0 Å². The van der Waals surface area contributed by atoms with Gasteiger partial charge in [-0.1, -0.05) is 41.9 Å². The van der Waals surface area contributed by atoms with E-state index in [1.54, 1.807) is 40.0 Å². The lowest BCUT2D eigenvalue weighted by molar-refractivity contribution is 0.104. The number of ketones is 1. The fourth-order valence-electron chi connectivity index (χ4n) is 2.21. The second kappa shape index (κ2) is 8.16. The van der Waals surface area contributed by atoms with Crippen molar-refractivity contribution in [1.82, 2.24) is 25.1 Å². The van der Waals surface area contributed by atoms with Crippen molar-refractivity contribution in [1.29, 1.82) is 0 Å². The van der Waals surface area contributed by atoms with Crippen LogP contribution in [0.25, 0.3) is 5.69 Å². The number of para-hydroxylation sites is 1. The van der Waals surface area contributed by atoms with E-state index in [0.29, 0.717) is 20.6 Å². The van der Waals surface area contributed by atoms with Crippen molar-refractivity contribution in [2.24, 2.45) is 0 Å². The second-order valence-corrected chi connectivity index (χ2v) is 7.05. The standard InChI is InChI=1S/C18H16ClN5OS/c1-23(2)12-16(17(25)13-7-6-8-14(19)11-13)26-18-20-21-22-24(18)15-9-4-3-5-10-15/h3-12H,1-2H3/b16-12-. The van der Waals surface area contributed by atoms with Gasteiger partial charge in [0, 0.05) is 30.9 Å². The van der Waals surface area contributed by atoms with Crippen molar-refractivity contribution in [2.75, 3.05) is 14.1 Å². The molecule has 0 saturated heterocycles. The Morgan fingerprint density at radius 3 is 2.62 bits per heavy atom. The largest absolute Gasteiger partial charge is 0.382 e. The molecule has 0 amide bonds. The number of nitrogens with zero attached hydrogens (tertiary/aromatic N) is 5. The van der Waals surface area contributed by atoms with Gasteiger partial charge in [-0.15, -0.1) is 5.10 Å². The smallest absolute Gasteiger partial charge is 0.219 e. The molecule has 1 heterocycles. The maximum atomic E-state index is 13.0. The van der Waals surface area contributed by atoms with Crippen LogP contribution < -0.4 is 0 Å². The maximum Gasteiger partial charge on any atom is 0.219 e. The third-order valence-electron chi connectivity index (χ3n) is 3.33. The summed E-state index contributed by atoms with van der Waals surface area (Å²) in [4.78, 5) is 15.3. The topological polar surface area (TPSA) is 63.9 Å². The summed E-state index contributed by atoms with van der Waals surface area (Å²) in [6.45, 7) is 0. The van der Waals surface area contributed by atoms with Crippen LogP contribution in [0.5, 0.6) is 0 Å². The lowest BCUT2D eigenvalue weighted by atomic mass is 10.1. The number of Topliss-reactive ketones (excluding diaryl/α,β-unsaturated/α-hetero) is 1. The van der Waals surface area contributed by atoms with Crippen molar-refractivity contribution in [3.05, 3.63) is 76.3 Å². The average molecular weight is 386 g/mol. The third kappa shape index (κ3) is 4.30. The Hall–Kier alpha value is -2.64. The monoisotopic (exact) mass is 385 g/mol. The van der Waals surface area contributed by atoms with E-state index in [4.69, 9.17) is 11.6 Å². The summed E-state index contributed by atoms with van der Waals surface area (Å²) in [7, 11) is 3.71. The Morgan fingerprint density at radius 2 is 1.92 bits per heavy atom. The van der Waals surface area contributed by atoms with Crippen LogP contribution in [0, 0.1) is 0 Å². The summed E-state index contributed by atoms with van der Waals surface area (Å²) >= 11 is 7.23. The number of hydrogen-bond donors (Lipinski definition) is 0. The Morgan fingerprint density at radius 1 is 1.15 bits per heavy atom. The number of carbonyl (C=O) groups excluding carboxylic acids is 1. The molecule has 132 valence electrons. The first kappa shape index (κ1) is 18.2. The van der Waals surface area contributed by atoms with Crippen LogP contribution in [0.15, 0.2) is 70.9 Å². The van der Waals surface area contributed by atoms with E-state index in [1.165, 1.54) is 11.8 Å². The zero-order valence-corrected chi connectivity index (χ0v) is 15.8. The van der Waals surface area contributed by atoms with Gasteiger partial charge in [0.2, 0.25) is 10.9 Å². The second-order valence-electron chi connectivity index (χ2n) is 5.61. The summed E-state index contributed by atoms with van der Waals surface area (Å²) in [5, 5.41) is 12.8. The molecule has 0 aliphatic carbocycles. The maximum absolute atomic E-state index is 13.0. The molecule has 8 heteroatoms. The molecule has 0 aliphatic rings. The normalized spacial score (nSPS) is 11.4. The average Bonchev–Trinajstić information content (AvgIpc) is 3.09. The Bertz CT molecular complexity index is 940. The van der Waals surface area contributed by atoms with E-state index in [2.05, 4.69) is 15.5 Å². The third-order valence-corrected chi connectivity index (χ3v) is 4.51. The van der Waals surface area contributed by atoms with Gasteiger partial charge in [0.05, 0.1) is 10.6 Å². The number of allylic oxidation sites excluding steroid dienone is 1. The fraction of sp³-hybridized carbons (Fsp3) is 0.111. The van der Waals surface area contributed by atoms with Crippen LogP contribution in [0.3, 0.4) is 0 Å². The van der Waals surface area contributed by atoms with E-state index in [1.807, 2.05) is 44.4 Å². The molecular weight excluding hydrogens is 370 g/mol. The summed E-state index contributed by atoms with van der Waals surface area (Å²) in [5.74, 6) is -0.145. The van der Waals surface area contributed by atoms with Crippen molar-refractivity contribution in [2.45, 2.75) is 5.16 Å². The van der Waals surface area contributed by atoms with E-state index in [9.17, 15) is 4.79 Å². The fourth-order valence-corrected chi connectivity index (χ4v) is 3.38. The summed E-state index contributed by atoms with van der Waals surface area (Å²) < 4.78 is 1.60. The minimum absolute atomic E-state index is 0.145. The molecule has 2 aromatic carbocycles. The number of aromatic nitrogens is 4. The van der Waals surface area contributed by atoms with Crippen LogP contribution >= 0.6 is 23.4 Å². The molecule has 1 aromatic heterocycles. The predicted octanol–water partition coefficient (Wildman–Crippen LogP) is 3.69. The Balaban J connectivity index is 1.94. The van der Waals surface area contributed by atoms with E-state index in [0.717, 1.165) is 5.69 Å². The lowest BCUT2D eigenvalue weighted by Gasteiger charge is -2.11.